The van der Waals surface area contributed by atoms with Gasteiger partial charge in [-0.25, -0.2) is 0 Å². The van der Waals surface area contributed by atoms with Crippen molar-refractivity contribution in [3.63, 3.8) is 0 Å². The van der Waals surface area contributed by atoms with Crippen LogP contribution in [0.2, 0.25) is 5.04 Å². The van der Waals surface area contributed by atoms with Crippen LogP contribution in [0.5, 0.6) is 0 Å². The summed E-state index contributed by atoms with van der Waals surface area (Å²) in [7, 11) is -2.82. The molecule has 5 unspecified atom stereocenters. The highest BCUT2D eigenvalue weighted by Crippen LogP contribution is 2.53. The van der Waals surface area contributed by atoms with Crippen LogP contribution in [-0.4, -0.2) is 8.07 Å². The maximum atomic E-state index is 2.69. The molecular formula is C45H64Si. The minimum absolute atomic E-state index is 0.122. The van der Waals surface area contributed by atoms with Crippen LogP contribution in [0.1, 0.15) is 166 Å². The summed E-state index contributed by atoms with van der Waals surface area (Å²) >= 11 is 0. The molecule has 0 aliphatic heterocycles. The Morgan fingerprint density at radius 1 is 0.500 bits per heavy atom. The Hall–Kier alpha value is -2.64. The van der Waals surface area contributed by atoms with Gasteiger partial charge < -0.3 is 0 Å². The number of hydrogen-bond donors (Lipinski definition) is 0. The fourth-order valence-electron chi connectivity index (χ4n) is 8.18. The molecule has 46 heavy (non-hydrogen) atoms. The molecule has 0 spiro atoms. The minimum atomic E-state index is -2.82. The Balaban J connectivity index is 2.37. The Bertz CT molecular complexity index is 1470. The van der Waals surface area contributed by atoms with Gasteiger partial charge in [0.15, 0.2) is 8.07 Å². The molecule has 0 radical (unpaired) electrons. The first-order chi connectivity index (χ1) is 21.7. The molecule has 0 heterocycles. The predicted molar refractivity (Wildman–Crippen MR) is 209 cm³/mol. The van der Waals surface area contributed by atoms with Gasteiger partial charge in [0.25, 0.3) is 0 Å². The molecule has 0 fully saturated rings. The molecule has 1 heteroatoms. The van der Waals surface area contributed by atoms with Gasteiger partial charge in [-0.15, -0.1) is 0 Å². The van der Waals surface area contributed by atoms with Gasteiger partial charge in [0.1, 0.15) is 0 Å². The van der Waals surface area contributed by atoms with Crippen LogP contribution in [0, 0.1) is 13.8 Å². The summed E-state index contributed by atoms with van der Waals surface area (Å²) in [6, 6.07) is 23.3. The fourth-order valence-corrected chi connectivity index (χ4v) is 14.6. The lowest BCUT2D eigenvalue weighted by atomic mass is 9.91. The molecule has 1 aliphatic rings. The van der Waals surface area contributed by atoms with Crippen molar-refractivity contribution in [2.45, 2.75) is 151 Å². The third kappa shape index (κ3) is 6.31. The summed E-state index contributed by atoms with van der Waals surface area (Å²) in [6.07, 6.45) is 7.29. The van der Waals surface area contributed by atoms with Crippen LogP contribution < -0.4 is 15.6 Å². The van der Waals surface area contributed by atoms with Gasteiger partial charge in [-0.05, 0) is 127 Å². The molecule has 248 valence electrons. The first-order valence-corrected chi connectivity index (χ1v) is 20.4. The summed E-state index contributed by atoms with van der Waals surface area (Å²) in [5.41, 5.74) is 13.3. The molecule has 0 saturated heterocycles. The van der Waals surface area contributed by atoms with Gasteiger partial charge in [0, 0.05) is 5.04 Å². The van der Waals surface area contributed by atoms with E-state index in [1.807, 2.05) is 0 Å². The molecule has 3 aromatic carbocycles. The maximum absolute atomic E-state index is 2.82. The molecule has 0 N–H and O–H groups in total. The van der Waals surface area contributed by atoms with Crippen molar-refractivity contribution in [3.8, 4) is 0 Å². The average molecular weight is 633 g/mol. The molecule has 0 saturated carbocycles. The molecule has 4 rings (SSSR count). The van der Waals surface area contributed by atoms with E-state index in [-0.39, 0.29) is 5.04 Å². The predicted octanol–water partition coefficient (Wildman–Crippen LogP) is 11.9. The molecule has 0 aromatic heterocycles. The summed E-state index contributed by atoms with van der Waals surface area (Å²) in [5.74, 6) is 2.07. The quantitative estimate of drug-likeness (QED) is 0.138. The van der Waals surface area contributed by atoms with E-state index in [0.29, 0.717) is 23.7 Å². The lowest BCUT2D eigenvalue weighted by Gasteiger charge is -2.48. The van der Waals surface area contributed by atoms with Crippen LogP contribution in [0.3, 0.4) is 0 Å². The van der Waals surface area contributed by atoms with Crippen LogP contribution >= 0.6 is 0 Å². The first-order valence-electron chi connectivity index (χ1n) is 18.4. The number of aryl methyl sites for hydroxylation is 2. The number of allylic oxidation sites excluding steroid dienone is 4. The van der Waals surface area contributed by atoms with Crippen LogP contribution in [0.15, 0.2) is 77.4 Å². The highest BCUT2D eigenvalue weighted by Gasteiger charge is 2.56. The molecule has 1 aliphatic carbocycles. The van der Waals surface area contributed by atoms with Crippen LogP contribution in [-0.2, 0) is 0 Å². The van der Waals surface area contributed by atoms with Crippen molar-refractivity contribution in [1.29, 1.82) is 0 Å². The zero-order valence-electron chi connectivity index (χ0n) is 31.9. The Morgan fingerprint density at radius 2 is 0.826 bits per heavy atom. The monoisotopic (exact) mass is 632 g/mol. The van der Waals surface area contributed by atoms with Crippen molar-refractivity contribution in [1.82, 2.24) is 0 Å². The first kappa shape index (κ1) is 36.2. The van der Waals surface area contributed by atoms with E-state index in [4.69, 9.17) is 0 Å². The lowest BCUT2D eigenvalue weighted by Crippen LogP contribution is -2.73. The van der Waals surface area contributed by atoms with E-state index < -0.39 is 8.07 Å². The van der Waals surface area contributed by atoms with Gasteiger partial charge in [0.2, 0.25) is 0 Å². The van der Waals surface area contributed by atoms with Crippen molar-refractivity contribution >= 4 is 23.6 Å². The standard InChI is InChI=1S/C45H64Si/c1-15-31(7)38-22-39(32(8)16-2)25-43(24-38)46(42-20-29(5)19-30(6)21-42,45(14)28-35(11)36(12)37(45)13)44-26-40(33(9)17-3)23-41(27-44)34(10)18-4/h19-28,31-34H,15-18H2,1-14H3. The highest BCUT2D eigenvalue weighted by atomic mass is 28.3. The Labute approximate surface area is 284 Å². The topological polar surface area (TPSA) is 0 Å². The zero-order chi connectivity index (χ0) is 34.1. The molecule has 0 bridgehead atoms. The normalized spacial score (nSPS) is 20.7. The van der Waals surface area contributed by atoms with Crippen LogP contribution in [0.25, 0.3) is 0 Å². The summed E-state index contributed by atoms with van der Waals surface area (Å²) in [6.45, 7) is 33.5. The maximum Gasteiger partial charge on any atom is 0.161 e. The second kappa shape index (κ2) is 14.2. The third-order valence-corrected chi connectivity index (χ3v) is 18.0. The van der Waals surface area contributed by atoms with Crippen molar-refractivity contribution in [3.05, 3.63) is 111 Å². The Morgan fingerprint density at radius 3 is 1.11 bits per heavy atom. The van der Waals surface area contributed by atoms with E-state index >= 15 is 0 Å². The molecule has 3 aromatic rings. The van der Waals surface area contributed by atoms with Gasteiger partial charge >= 0.3 is 0 Å². The van der Waals surface area contributed by atoms with Gasteiger partial charge in [-0.3, -0.25) is 0 Å². The SMILES string of the molecule is CCC(C)c1cc(C(C)CC)cc([Si](c2cc(C)cc(C)c2)(c2cc(C(C)CC)cc(C(C)CC)c2)C2(C)C=C(C)C(C)=C2C)c1. The molecule has 0 amide bonds. The Kier molecular flexibility index (Phi) is 11.2. The highest BCUT2D eigenvalue weighted by molar-refractivity contribution is 7.14. The van der Waals surface area contributed by atoms with Crippen LogP contribution in [0.4, 0.5) is 0 Å². The lowest BCUT2D eigenvalue weighted by molar-refractivity contribution is 0.711. The van der Waals surface area contributed by atoms with Crippen molar-refractivity contribution in [2.75, 3.05) is 0 Å². The number of benzene rings is 3. The summed E-state index contributed by atoms with van der Waals surface area (Å²) < 4.78 is 0. The largest absolute Gasteiger partial charge is 0.161 e. The average Bonchev–Trinajstić information content (AvgIpc) is 3.24. The molecule has 0 nitrogen and oxygen atoms in total. The van der Waals surface area contributed by atoms with E-state index in [1.165, 1.54) is 44.5 Å². The minimum Gasteiger partial charge on any atom is -0.0730 e. The smallest absolute Gasteiger partial charge is 0.0730 e. The van der Waals surface area contributed by atoms with E-state index in [2.05, 4.69) is 158 Å². The summed E-state index contributed by atoms with van der Waals surface area (Å²) in [4.78, 5) is 0. The van der Waals surface area contributed by atoms with Gasteiger partial charge in [-0.2, -0.15) is 0 Å². The summed E-state index contributed by atoms with van der Waals surface area (Å²) in [5, 5.41) is 4.60. The van der Waals surface area contributed by atoms with E-state index in [9.17, 15) is 0 Å². The molecule has 5 atom stereocenters. The fraction of sp³-hybridized carbons (Fsp3) is 0.511. The second-order valence-corrected chi connectivity index (χ2v) is 19.7. The number of rotatable bonds is 12. The van der Waals surface area contributed by atoms with E-state index in [1.54, 1.807) is 21.1 Å². The van der Waals surface area contributed by atoms with Crippen molar-refractivity contribution in [2.24, 2.45) is 0 Å². The third-order valence-electron chi connectivity index (χ3n) is 12.4. The van der Waals surface area contributed by atoms with Crippen molar-refractivity contribution < 1.29 is 0 Å². The zero-order valence-corrected chi connectivity index (χ0v) is 32.9. The van der Waals surface area contributed by atoms with Gasteiger partial charge in [-0.1, -0.05) is 145 Å². The number of hydrogen-bond acceptors (Lipinski definition) is 0. The van der Waals surface area contributed by atoms with E-state index in [0.717, 1.165) is 25.7 Å². The van der Waals surface area contributed by atoms with Gasteiger partial charge in [0.05, 0.1) is 0 Å². The second-order valence-electron chi connectivity index (χ2n) is 15.4. The molecular weight excluding hydrogens is 569 g/mol.